The summed E-state index contributed by atoms with van der Waals surface area (Å²) in [4.78, 5) is 14.5. The third-order valence-electron chi connectivity index (χ3n) is 5.60. The molecule has 2 aliphatic heterocycles. The number of amides is 1. The molecule has 2 aromatic carbocycles. The molecule has 27 heavy (non-hydrogen) atoms. The SMILES string of the molecule is COC(=O)N1C2Cc3cc(OC)c(OC)cc3C1Cc1ccc(OC)cc12. The summed E-state index contributed by atoms with van der Waals surface area (Å²) in [5, 5.41) is 0. The van der Waals surface area contributed by atoms with Crippen molar-refractivity contribution in [1.82, 2.24) is 4.90 Å². The normalized spacial score (nSPS) is 19.6. The van der Waals surface area contributed by atoms with Crippen LogP contribution in [-0.4, -0.2) is 39.4 Å². The molecule has 2 bridgehead atoms. The predicted octanol–water partition coefficient (Wildman–Crippen LogP) is 3.68. The van der Waals surface area contributed by atoms with Crippen molar-refractivity contribution in [1.29, 1.82) is 0 Å². The molecule has 2 aromatic rings. The van der Waals surface area contributed by atoms with Gasteiger partial charge in [0.05, 0.1) is 40.5 Å². The molecule has 0 spiro atoms. The topological polar surface area (TPSA) is 57.2 Å². The van der Waals surface area contributed by atoms with E-state index in [4.69, 9.17) is 18.9 Å². The Hall–Kier alpha value is -2.89. The van der Waals surface area contributed by atoms with E-state index >= 15 is 0 Å². The van der Waals surface area contributed by atoms with E-state index in [-0.39, 0.29) is 18.2 Å². The minimum Gasteiger partial charge on any atom is -0.497 e. The van der Waals surface area contributed by atoms with Crippen LogP contribution in [0.25, 0.3) is 0 Å². The maximum absolute atomic E-state index is 12.6. The summed E-state index contributed by atoms with van der Waals surface area (Å²) in [6.45, 7) is 0. The number of nitrogens with zero attached hydrogens (tertiary/aromatic N) is 1. The molecule has 2 heterocycles. The molecular formula is C21H23NO5. The third-order valence-corrected chi connectivity index (χ3v) is 5.60. The quantitative estimate of drug-likeness (QED) is 0.826. The minimum atomic E-state index is -0.320. The smallest absolute Gasteiger partial charge is 0.410 e. The zero-order chi connectivity index (χ0) is 19.1. The molecule has 0 N–H and O–H groups in total. The Labute approximate surface area is 158 Å². The summed E-state index contributed by atoms with van der Waals surface area (Å²) in [5.41, 5.74) is 4.58. The lowest BCUT2D eigenvalue weighted by molar-refractivity contribution is 0.0668. The van der Waals surface area contributed by atoms with Gasteiger partial charge in [-0.25, -0.2) is 4.79 Å². The number of fused-ring (bicyclic) bond motifs is 6. The minimum absolute atomic E-state index is 0.105. The third kappa shape index (κ3) is 2.67. The van der Waals surface area contributed by atoms with Crippen LogP contribution in [0.4, 0.5) is 4.79 Å². The van der Waals surface area contributed by atoms with Crippen LogP contribution in [0.15, 0.2) is 30.3 Å². The molecule has 1 amide bonds. The van der Waals surface area contributed by atoms with Gasteiger partial charge < -0.3 is 18.9 Å². The number of rotatable bonds is 3. The molecule has 6 nitrogen and oxygen atoms in total. The highest BCUT2D eigenvalue weighted by Gasteiger charge is 2.44. The molecule has 0 saturated heterocycles. The largest absolute Gasteiger partial charge is 0.497 e. The summed E-state index contributed by atoms with van der Waals surface area (Å²) in [7, 11) is 6.33. The van der Waals surface area contributed by atoms with Gasteiger partial charge in [0.25, 0.3) is 0 Å². The molecule has 142 valence electrons. The van der Waals surface area contributed by atoms with Crippen LogP contribution >= 0.6 is 0 Å². The van der Waals surface area contributed by atoms with Gasteiger partial charge in [0.2, 0.25) is 0 Å². The molecule has 2 aliphatic rings. The average molecular weight is 369 g/mol. The lowest BCUT2D eigenvalue weighted by Crippen LogP contribution is -2.46. The van der Waals surface area contributed by atoms with Crippen LogP contribution in [0, 0.1) is 0 Å². The van der Waals surface area contributed by atoms with E-state index in [9.17, 15) is 4.79 Å². The number of carbonyl (C=O) groups is 1. The second-order valence-corrected chi connectivity index (χ2v) is 6.79. The molecule has 0 radical (unpaired) electrons. The van der Waals surface area contributed by atoms with Crippen molar-refractivity contribution in [3.63, 3.8) is 0 Å². The lowest BCUT2D eigenvalue weighted by atomic mass is 9.76. The maximum Gasteiger partial charge on any atom is 0.410 e. The molecule has 6 heteroatoms. The average Bonchev–Trinajstić information content (AvgIpc) is 2.71. The zero-order valence-electron chi connectivity index (χ0n) is 15.9. The molecule has 0 aromatic heterocycles. The van der Waals surface area contributed by atoms with Crippen LogP contribution in [0.5, 0.6) is 17.2 Å². The van der Waals surface area contributed by atoms with Crippen LogP contribution in [0.1, 0.15) is 34.3 Å². The molecule has 2 atom stereocenters. The number of hydrogen-bond donors (Lipinski definition) is 0. The number of carbonyl (C=O) groups excluding carboxylic acids is 1. The van der Waals surface area contributed by atoms with E-state index in [1.54, 1.807) is 21.3 Å². The highest BCUT2D eigenvalue weighted by atomic mass is 16.5. The van der Waals surface area contributed by atoms with Crippen molar-refractivity contribution in [3.05, 3.63) is 52.6 Å². The van der Waals surface area contributed by atoms with E-state index < -0.39 is 0 Å². The number of hydrogen-bond acceptors (Lipinski definition) is 5. The second kappa shape index (κ2) is 6.68. The molecule has 2 unspecified atom stereocenters. The summed E-state index contributed by atoms with van der Waals surface area (Å²) >= 11 is 0. The fourth-order valence-corrected chi connectivity index (χ4v) is 4.33. The molecule has 0 aliphatic carbocycles. The Bertz CT molecular complexity index is 894. The van der Waals surface area contributed by atoms with Gasteiger partial charge in [0.15, 0.2) is 11.5 Å². The summed E-state index contributed by atoms with van der Waals surface area (Å²) in [6, 6.07) is 9.89. The van der Waals surface area contributed by atoms with E-state index in [1.165, 1.54) is 12.7 Å². The summed E-state index contributed by atoms with van der Waals surface area (Å²) in [6.07, 6.45) is 1.08. The fourth-order valence-electron chi connectivity index (χ4n) is 4.33. The van der Waals surface area contributed by atoms with Crippen molar-refractivity contribution in [2.75, 3.05) is 28.4 Å². The first-order chi connectivity index (χ1) is 13.1. The molecular weight excluding hydrogens is 346 g/mol. The zero-order valence-corrected chi connectivity index (χ0v) is 15.9. The van der Waals surface area contributed by atoms with Crippen LogP contribution in [0.3, 0.4) is 0 Å². The van der Waals surface area contributed by atoms with Crippen LogP contribution < -0.4 is 14.2 Å². The summed E-state index contributed by atoms with van der Waals surface area (Å²) in [5.74, 6) is 2.15. The first-order valence-corrected chi connectivity index (χ1v) is 8.89. The summed E-state index contributed by atoms with van der Waals surface area (Å²) < 4.78 is 21.5. The Morgan fingerprint density at radius 3 is 2.11 bits per heavy atom. The second-order valence-electron chi connectivity index (χ2n) is 6.79. The first kappa shape index (κ1) is 17.5. The number of ether oxygens (including phenoxy) is 4. The maximum atomic E-state index is 12.6. The van der Waals surface area contributed by atoms with Gasteiger partial charge >= 0.3 is 6.09 Å². The van der Waals surface area contributed by atoms with Gasteiger partial charge in [-0.3, -0.25) is 4.90 Å². The molecule has 4 rings (SSSR count). The van der Waals surface area contributed by atoms with Crippen molar-refractivity contribution in [2.45, 2.75) is 24.9 Å². The van der Waals surface area contributed by atoms with E-state index in [0.29, 0.717) is 24.3 Å². The molecule has 0 fully saturated rings. The van der Waals surface area contributed by atoms with Crippen LogP contribution in [0.2, 0.25) is 0 Å². The fraction of sp³-hybridized carbons (Fsp3) is 0.381. The lowest BCUT2D eigenvalue weighted by Gasteiger charge is -2.47. The number of benzene rings is 2. The van der Waals surface area contributed by atoms with E-state index in [2.05, 4.69) is 6.07 Å². The Kier molecular flexibility index (Phi) is 4.34. The standard InChI is InChI=1S/C21H23NO5/c1-24-14-6-5-12-7-17-16-11-20(26-3)19(25-2)9-13(16)8-18(15(12)10-14)22(17)21(23)27-4/h5-6,9-11,17-18H,7-8H2,1-4H3. The highest BCUT2D eigenvalue weighted by molar-refractivity contribution is 5.71. The monoisotopic (exact) mass is 369 g/mol. The predicted molar refractivity (Wildman–Crippen MR) is 99.7 cm³/mol. The van der Waals surface area contributed by atoms with E-state index in [0.717, 1.165) is 22.4 Å². The van der Waals surface area contributed by atoms with E-state index in [1.807, 2.05) is 29.2 Å². The van der Waals surface area contributed by atoms with Gasteiger partial charge in [-0.05, 0) is 59.4 Å². The molecule has 0 saturated carbocycles. The van der Waals surface area contributed by atoms with Crippen molar-refractivity contribution in [2.24, 2.45) is 0 Å². The Balaban J connectivity index is 1.88. The van der Waals surface area contributed by atoms with Crippen LogP contribution in [-0.2, 0) is 17.6 Å². The van der Waals surface area contributed by atoms with Crippen molar-refractivity contribution in [3.8, 4) is 17.2 Å². The Morgan fingerprint density at radius 1 is 0.852 bits per heavy atom. The number of methoxy groups -OCH3 is 4. The first-order valence-electron chi connectivity index (χ1n) is 8.89. The van der Waals surface area contributed by atoms with Gasteiger partial charge in [-0.1, -0.05) is 6.07 Å². The van der Waals surface area contributed by atoms with Gasteiger partial charge in [-0.2, -0.15) is 0 Å². The van der Waals surface area contributed by atoms with Gasteiger partial charge in [-0.15, -0.1) is 0 Å². The van der Waals surface area contributed by atoms with Gasteiger partial charge in [0, 0.05) is 0 Å². The van der Waals surface area contributed by atoms with Gasteiger partial charge in [0.1, 0.15) is 5.75 Å². The van der Waals surface area contributed by atoms with Crippen molar-refractivity contribution < 1.29 is 23.7 Å². The Morgan fingerprint density at radius 2 is 1.48 bits per heavy atom. The highest BCUT2D eigenvalue weighted by Crippen LogP contribution is 2.50. The van der Waals surface area contributed by atoms with Crippen molar-refractivity contribution >= 4 is 6.09 Å².